The van der Waals surface area contributed by atoms with Crippen molar-refractivity contribution < 1.29 is 4.79 Å². The number of amides is 1. The summed E-state index contributed by atoms with van der Waals surface area (Å²) in [6, 6.07) is 15.6. The molecule has 2 heterocycles. The van der Waals surface area contributed by atoms with Crippen molar-refractivity contribution in [1.82, 2.24) is 28.8 Å². The molecule has 32 heavy (non-hydrogen) atoms. The van der Waals surface area contributed by atoms with E-state index in [2.05, 4.69) is 17.0 Å². The Hall–Kier alpha value is -3.68. The fourth-order valence-electron chi connectivity index (χ4n) is 4.00. The molecule has 0 aliphatic rings. The smallest absolute Gasteiger partial charge is 0.329 e. The molecule has 0 aliphatic carbocycles. The van der Waals surface area contributed by atoms with Crippen LogP contribution in [0, 0.1) is 0 Å². The van der Waals surface area contributed by atoms with Crippen LogP contribution < -0.4 is 5.69 Å². The van der Waals surface area contributed by atoms with Gasteiger partial charge >= 0.3 is 5.69 Å². The normalized spacial score (nSPS) is 12.2. The highest BCUT2D eigenvalue weighted by Gasteiger charge is 2.19. The summed E-state index contributed by atoms with van der Waals surface area (Å²) in [7, 11) is 1.81. The van der Waals surface area contributed by atoms with Gasteiger partial charge in [-0.25, -0.2) is 14.5 Å². The number of carbonyl (C=O) groups excluding carboxylic acids is 1. The number of carbonyl (C=O) groups is 1. The summed E-state index contributed by atoms with van der Waals surface area (Å²) in [4.78, 5) is 31.6. The van der Waals surface area contributed by atoms with Gasteiger partial charge in [-0.3, -0.25) is 13.9 Å². The minimum absolute atomic E-state index is 0.00271. The fourth-order valence-corrected chi connectivity index (χ4v) is 4.00. The molecule has 8 nitrogen and oxygen atoms in total. The largest absolute Gasteiger partial charge is 0.339 e. The van der Waals surface area contributed by atoms with E-state index < -0.39 is 0 Å². The van der Waals surface area contributed by atoms with Crippen LogP contribution in [0.2, 0.25) is 0 Å². The van der Waals surface area contributed by atoms with E-state index in [0.717, 1.165) is 28.7 Å². The molecule has 0 N–H and O–H groups in total. The molecule has 0 fully saturated rings. The maximum atomic E-state index is 12.9. The lowest BCUT2D eigenvalue weighted by Crippen LogP contribution is -2.32. The quantitative estimate of drug-likeness (QED) is 0.428. The lowest BCUT2D eigenvalue weighted by atomic mass is 10.1. The van der Waals surface area contributed by atoms with Crippen LogP contribution in [0.25, 0.3) is 16.7 Å². The van der Waals surface area contributed by atoms with Gasteiger partial charge in [0.05, 0.1) is 22.8 Å². The number of hydrogen-bond acceptors (Lipinski definition) is 4. The second-order valence-corrected chi connectivity index (χ2v) is 7.94. The Labute approximate surface area is 186 Å². The van der Waals surface area contributed by atoms with Gasteiger partial charge in [-0.15, -0.1) is 0 Å². The molecule has 1 atom stereocenters. The van der Waals surface area contributed by atoms with Crippen molar-refractivity contribution in [3.8, 4) is 5.69 Å². The number of para-hydroxylation sites is 2. The van der Waals surface area contributed by atoms with E-state index in [1.165, 1.54) is 6.33 Å². The Kier molecular flexibility index (Phi) is 6.20. The number of fused-ring (bicyclic) bond motifs is 1. The van der Waals surface area contributed by atoms with Gasteiger partial charge in [0.15, 0.2) is 0 Å². The zero-order valence-electron chi connectivity index (χ0n) is 18.7. The van der Waals surface area contributed by atoms with Crippen LogP contribution in [0.3, 0.4) is 0 Å². The van der Waals surface area contributed by atoms with Crippen molar-refractivity contribution in [1.29, 1.82) is 0 Å². The van der Waals surface area contributed by atoms with Gasteiger partial charge < -0.3 is 4.90 Å². The Bertz CT molecular complexity index is 1250. The third kappa shape index (κ3) is 4.08. The molecule has 0 aliphatic heterocycles. The SMILES string of the molecule is CCCn1c(=O)n(CCC(=O)N(C)[C@@H](C)c2ccc(-n3cncn3)cc2)c2ccccc21. The average Bonchev–Trinajstić information content (AvgIpc) is 3.45. The summed E-state index contributed by atoms with van der Waals surface area (Å²) in [5.41, 5.74) is 3.68. The molecule has 1 amide bonds. The van der Waals surface area contributed by atoms with Crippen molar-refractivity contribution in [3.05, 3.63) is 77.2 Å². The minimum Gasteiger partial charge on any atom is -0.339 e. The molecular formula is C24H28N6O2. The van der Waals surface area contributed by atoms with Crippen LogP contribution in [-0.4, -0.2) is 41.8 Å². The summed E-state index contributed by atoms with van der Waals surface area (Å²) in [6.07, 6.45) is 4.28. The minimum atomic E-state index is -0.0922. The monoisotopic (exact) mass is 432 g/mol. The van der Waals surface area contributed by atoms with Crippen LogP contribution in [-0.2, 0) is 17.9 Å². The van der Waals surface area contributed by atoms with Gasteiger partial charge in [-0.05, 0) is 43.2 Å². The molecule has 0 bridgehead atoms. The van der Waals surface area contributed by atoms with Crippen LogP contribution in [0.5, 0.6) is 0 Å². The van der Waals surface area contributed by atoms with Crippen LogP contribution >= 0.6 is 0 Å². The molecular weight excluding hydrogens is 404 g/mol. The lowest BCUT2D eigenvalue weighted by Gasteiger charge is -2.25. The first kappa shape index (κ1) is 21.5. The molecule has 8 heteroatoms. The van der Waals surface area contributed by atoms with E-state index in [-0.39, 0.29) is 24.1 Å². The van der Waals surface area contributed by atoms with Crippen molar-refractivity contribution in [2.75, 3.05) is 7.05 Å². The van der Waals surface area contributed by atoms with E-state index >= 15 is 0 Å². The first-order valence-electron chi connectivity index (χ1n) is 10.9. The maximum Gasteiger partial charge on any atom is 0.329 e. The van der Waals surface area contributed by atoms with Gasteiger partial charge in [-0.1, -0.05) is 31.2 Å². The predicted molar refractivity (Wildman–Crippen MR) is 124 cm³/mol. The Balaban J connectivity index is 1.46. The molecule has 4 aromatic rings. The maximum absolute atomic E-state index is 12.9. The third-order valence-electron chi connectivity index (χ3n) is 5.95. The van der Waals surface area contributed by atoms with Crippen molar-refractivity contribution >= 4 is 16.9 Å². The average molecular weight is 433 g/mol. The van der Waals surface area contributed by atoms with Crippen LogP contribution in [0.1, 0.15) is 38.3 Å². The highest BCUT2D eigenvalue weighted by Crippen LogP contribution is 2.21. The Morgan fingerprint density at radius 3 is 2.28 bits per heavy atom. The molecule has 2 aromatic heterocycles. The number of nitrogens with zero attached hydrogens (tertiary/aromatic N) is 6. The highest BCUT2D eigenvalue weighted by molar-refractivity contribution is 5.78. The number of aromatic nitrogens is 5. The second-order valence-electron chi connectivity index (χ2n) is 7.94. The number of aryl methyl sites for hydroxylation is 2. The number of benzene rings is 2. The number of hydrogen-bond donors (Lipinski definition) is 0. The predicted octanol–water partition coefficient (Wildman–Crippen LogP) is 3.40. The molecule has 0 unspecified atom stereocenters. The van der Waals surface area contributed by atoms with E-state index in [0.29, 0.717) is 13.1 Å². The fraction of sp³-hybridized carbons (Fsp3) is 0.333. The van der Waals surface area contributed by atoms with Gasteiger partial charge in [-0.2, -0.15) is 5.10 Å². The summed E-state index contributed by atoms with van der Waals surface area (Å²) in [6.45, 7) is 5.08. The molecule has 0 radical (unpaired) electrons. The summed E-state index contributed by atoms with van der Waals surface area (Å²) in [5.74, 6) is -0.00271. The molecule has 2 aromatic carbocycles. The van der Waals surface area contributed by atoms with Crippen molar-refractivity contribution in [2.45, 2.75) is 45.8 Å². The van der Waals surface area contributed by atoms with Crippen LogP contribution in [0.15, 0.2) is 66.0 Å². The van der Waals surface area contributed by atoms with E-state index in [4.69, 9.17) is 0 Å². The number of imidazole rings is 1. The first-order chi connectivity index (χ1) is 15.5. The van der Waals surface area contributed by atoms with Gasteiger partial charge in [0, 0.05) is 26.6 Å². The zero-order chi connectivity index (χ0) is 22.7. The second kappa shape index (κ2) is 9.21. The summed E-state index contributed by atoms with van der Waals surface area (Å²) < 4.78 is 5.20. The highest BCUT2D eigenvalue weighted by atomic mass is 16.2. The Morgan fingerprint density at radius 2 is 1.69 bits per heavy atom. The molecule has 0 saturated heterocycles. The standard InChI is InChI=1S/C24H28N6O2/c1-4-14-28-21-7-5-6-8-22(21)29(24(28)32)15-13-23(31)27(3)18(2)19-9-11-20(12-10-19)30-17-25-16-26-30/h5-12,16-18H,4,13-15H2,1-3H3/t18-/m0/s1. The topological polar surface area (TPSA) is 78.0 Å². The molecule has 0 spiro atoms. The van der Waals surface area contributed by atoms with Gasteiger partial charge in [0.2, 0.25) is 5.91 Å². The summed E-state index contributed by atoms with van der Waals surface area (Å²) in [5, 5.41) is 4.13. The Morgan fingerprint density at radius 1 is 1.03 bits per heavy atom. The molecule has 4 rings (SSSR count). The van der Waals surface area contributed by atoms with E-state index in [1.54, 1.807) is 25.0 Å². The lowest BCUT2D eigenvalue weighted by molar-refractivity contribution is -0.132. The summed E-state index contributed by atoms with van der Waals surface area (Å²) >= 11 is 0. The molecule has 166 valence electrons. The van der Waals surface area contributed by atoms with E-state index in [9.17, 15) is 9.59 Å². The van der Waals surface area contributed by atoms with Gasteiger partial charge in [0.25, 0.3) is 0 Å². The van der Waals surface area contributed by atoms with Crippen molar-refractivity contribution in [2.24, 2.45) is 0 Å². The van der Waals surface area contributed by atoms with Crippen molar-refractivity contribution in [3.63, 3.8) is 0 Å². The first-order valence-corrected chi connectivity index (χ1v) is 10.9. The molecule has 0 saturated carbocycles. The number of rotatable bonds is 8. The van der Waals surface area contributed by atoms with Gasteiger partial charge in [0.1, 0.15) is 12.7 Å². The zero-order valence-corrected chi connectivity index (χ0v) is 18.7. The van der Waals surface area contributed by atoms with Crippen LogP contribution in [0.4, 0.5) is 0 Å². The third-order valence-corrected chi connectivity index (χ3v) is 5.95. The van der Waals surface area contributed by atoms with E-state index in [1.807, 2.05) is 62.5 Å².